The van der Waals surface area contributed by atoms with Crippen molar-refractivity contribution in [2.24, 2.45) is 10.8 Å². The smallest absolute Gasteiger partial charge is 0.150 e. The zero-order valence-corrected chi connectivity index (χ0v) is 19.1. The molecule has 1 saturated carbocycles. The number of pyridine rings is 1. The van der Waals surface area contributed by atoms with Crippen molar-refractivity contribution >= 4 is 11.7 Å². The highest BCUT2D eigenvalue weighted by atomic mass is 15.3. The zero-order valence-electron chi connectivity index (χ0n) is 19.1. The number of nitrogens with two attached hydrogens (primary N) is 1. The number of anilines is 1. The lowest BCUT2D eigenvalue weighted by molar-refractivity contribution is 0.757. The van der Waals surface area contributed by atoms with Gasteiger partial charge in [0.25, 0.3) is 0 Å². The summed E-state index contributed by atoms with van der Waals surface area (Å²) in [5.41, 5.74) is 19.1. The first-order valence-electron chi connectivity index (χ1n) is 11.5. The lowest BCUT2D eigenvalue weighted by Crippen LogP contribution is -2.17. The first-order valence-corrected chi connectivity index (χ1v) is 11.5. The summed E-state index contributed by atoms with van der Waals surface area (Å²) >= 11 is 0. The average molecular weight is 426 g/mol. The molecule has 3 aromatic rings. The lowest BCUT2D eigenvalue weighted by Gasteiger charge is -2.18. The Labute approximate surface area is 190 Å². The summed E-state index contributed by atoms with van der Waals surface area (Å²) in [6.07, 6.45) is 6.80. The highest BCUT2D eigenvalue weighted by molar-refractivity contribution is 5.98. The van der Waals surface area contributed by atoms with E-state index in [1.807, 2.05) is 6.20 Å². The second-order valence-electron chi connectivity index (χ2n) is 9.07. The number of hydrogen-bond donors (Lipinski definition) is 3. The van der Waals surface area contributed by atoms with Gasteiger partial charge in [0.05, 0.1) is 6.04 Å². The van der Waals surface area contributed by atoms with Gasteiger partial charge in [0.15, 0.2) is 5.84 Å². The third-order valence-corrected chi connectivity index (χ3v) is 6.76. The molecular formula is C27H31N5. The quantitative estimate of drug-likeness (QED) is 0.289. The van der Waals surface area contributed by atoms with Crippen LogP contribution in [0.5, 0.6) is 0 Å². The molecule has 1 fully saturated rings. The first-order chi connectivity index (χ1) is 15.5. The number of nitrogens with zero attached hydrogens (tertiary/aromatic N) is 2. The van der Waals surface area contributed by atoms with Crippen LogP contribution in [-0.4, -0.2) is 17.9 Å². The third-order valence-electron chi connectivity index (χ3n) is 6.76. The van der Waals surface area contributed by atoms with E-state index in [1.54, 1.807) is 7.05 Å². The van der Waals surface area contributed by atoms with Crippen molar-refractivity contribution in [3.63, 3.8) is 0 Å². The van der Waals surface area contributed by atoms with E-state index in [-0.39, 0.29) is 0 Å². The molecule has 4 N–H and O–H groups in total. The molecule has 1 atom stereocenters. The molecule has 5 nitrogen and oxygen atoms in total. The summed E-state index contributed by atoms with van der Waals surface area (Å²) in [4.78, 5) is 4.69. The van der Waals surface area contributed by atoms with Crippen LogP contribution in [0.1, 0.15) is 64.6 Å². The zero-order chi connectivity index (χ0) is 22.2. The summed E-state index contributed by atoms with van der Waals surface area (Å²) in [6.45, 7) is 4.32. The normalized spacial score (nSPS) is 17.8. The lowest BCUT2D eigenvalue weighted by atomic mass is 9.89. The van der Waals surface area contributed by atoms with Gasteiger partial charge in [0.1, 0.15) is 5.82 Å². The van der Waals surface area contributed by atoms with E-state index in [9.17, 15) is 0 Å². The molecule has 5 rings (SSSR count). The van der Waals surface area contributed by atoms with Crippen LogP contribution in [0.2, 0.25) is 0 Å². The van der Waals surface area contributed by atoms with Gasteiger partial charge in [-0.25, -0.2) is 4.98 Å². The maximum atomic E-state index is 6.12. The number of rotatable bonds is 6. The largest absolute Gasteiger partial charge is 0.382 e. The molecule has 1 aromatic heterocycles. The van der Waals surface area contributed by atoms with E-state index in [4.69, 9.17) is 5.73 Å². The molecule has 2 aromatic carbocycles. The fraction of sp³-hybridized carbons (Fsp3) is 0.333. The predicted octanol–water partition coefficient (Wildman–Crippen LogP) is 5.18. The monoisotopic (exact) mass is 425 g/mol. The van der Waals surface area contributed by atoms with Crippen LogP contribution in [0, 0.1) is 13.8 Å². The van der Waals surface area contributed by atoms with Gasteiger partial charge in [-0.1, -0.05) is 24.3 Å². The van der Waals surface area contributed by atoms with E-state index in [0.29, 0.717) is 11.9 Å². The number of benzene rings is 2. The topological polar surface area (TPSA) is 75.3 Å². The fourth-order valence-electron chi connectivity index (χ4n) is 5.09. The number of aryl methyl sites for hydroxylation is 2. The number of fused-ring (bicyclic) bond motifs is 1. The third kappa shape index (κ3) is 3.83. The summed E-state index contributed by atoms with van der Waals surface area (Å²) in [6, 6.07) is 15.6. The van der Waals surface area contributed by atoms with Crippen molar-refractivity contribution < 1.29 is 0 Å². The molecule has 2 aliphatic carbocycles. The van der Waals surface area contributed by atoms with Crippen LogP contribution in [0.4, 0.5) is 5.82 Å². The molecule has 5 heteroatoms. The number of aromatic nitrogens is 1. The van der Waals surface area contributed by atoms with Crippen molar-refractivity contribution in [3.05, 3.63) is 82.0 Å². The SMILES string of the molecule is CN/N=C(\N)c1cc(C)c(-c2cccc3c2CC[C@H]3Nc2ccc(C3CC3)cn2)c(C)c1. The van der Waals surface area contributed by atoms with Crippen LogP contribution in [0.15, 0.2) is 53.8 Å². The van der Waals surface area contributed by atoms with Gasteiger partial charge in [0.2, 0.25) is 0 Å². The molecule has 0 saturated heterocycles. The molecule has 0 amide bonds. The van der Waals surface area contributed by atoms with Crippen molar-refractivity contribution in [1.29, 1.82) is 0 Å². The number of amidine groups is 1. The molecule has 0 unspecified atom stereocenters. The molecule has 0 radical (unpaired) electrons. The van der Waals surface area contributed by atoms with Gasteiger partial charge in [-0.2, -0.15) is 5.10 Å². The Morgan fingerprint density at radius 3 is 2.50 bits per heavy atom. The Kier molecular flexibility index (Phi) is 5.33. The van der Waals surface area contributed by atoms with Crippen molar-refractivity contribution in [1.82, 2.24) is 10.4 Å². The Morgan fingerprint density at radius 2 is 1.84 bits per heavy atom. The molecule has 0 bridgehead atoms. The Balaban J connectivity index is 1.44. The summed E-state index contributed by atoms with van der Waals surface area (Å²) in [5.74, 6) is 2.21. The second kappa shape index (κ2) is 8.30. The summed E-state index contributed by atoms with van der Waals surface area (Å²) < 4.78 is 0. The molecule has 164 valence electrons. The maximum absolute atomic E-state index is 6.12. The standard InChI is InChI=1S/C27H31N5/c1-16-13-20(27(28)32-29-3)14-17(2)26(16)23-6-4-5-22-21(23)10-11-24(22)31-25-12-9-19(15-30-25)18-7-8-18/h4-6,9,12-15,18,24,29H,7-8,10-11H2,1-3H3,(H2,28,32)(H,30,31)/t24-/m1/s1. The predicted molar refractivity (Wildman–Crippen MR) is 132 cm³/mol. The Hall–Kier alpha value is -3.34. The van der Waals surface area contributed by atoms with E-state index >= 15 is 0 Å². The minimum Gasteiger partial charge on any atom is -0.382 e. The minimum absolute atomic E-state index is 0.294. The molecule has 32 heavy (non-hydrogen) atoms. The molecule has 1 heterocycles. The summed E-state index contributed by atoms with van der Waals surface area (Å²) in [7, 11) is 1.76. The maximum Gasteiger partial charge on any atom is 0.150 e. The molecule has 0 aliphatic heterocycles. The highest BCUT2D eigenvalue weighted by Crippen LogP contribution is 2.42. The minimum atomic E-state index is 0.294. The van der Waals surface area contributed by atoms with Crippen molar-refractivity contribution in [2.75, 3.05) is 12.4 Å². The molecule has 2 aliphatic rings. The van der Waals surface area contributed by atoms with Gasteiger partial charge in [0, 0.05) is 18.8 Å². The van der Waals surface area contributed by atoms with Crippen LogP contribution >= 0.6 is 0 Å². The fourth-order valence-corrected chi connectivity index (χ4v) is 5.09. The van der Waals surface area contributed by atoms with Crippen LogP contribution in [-0.2, 0) is 6.42 Å². The van der Waals surface area contributed by atoms with E-state index in [0.717, 1.165) is 30.1 Å². The van der Waals surface area contributed by atoms with Crippen molar-refractivity contribution in [2.45, 2.75) is 51.5 Å². The van der Waals surface area contributed by atoms with Gasteiger partial charge < -0.3 is 16.5 Å². The van der Waals surface area contributed by atoms with Crippen LogP contribution < -0.4 is 16.5 Å². The van der Waals surface area contributed by atoms with Gasteiger partial charge in [-0.15, -0.1) is 0 Å². The van der Waals surface area contributed by atoms with Gasteiger partial charge in [-0.3, -0.25) is 0 Å². The molecule has 0 spiro atoms. The van der Waals surface area contributed by atoms with Crippen molar-refractivity contribution in [3.8, 4) is 11.1 Å². The second-order valence-corrected chi connectivity index (χ2v) is 9.07. The first kappa shape index (κ1) is 20.6. The number of nitrogens with one attached hydrogen (secondary N) is 2. The Morgan fingerprint density at radius 1 is 1.06 bits per heavy atom. The van der Waals surface area contributed by atoms with E-state index in [1.165, 1.54) is 51.8 Å². The average Bonchev–Trinajstić information content (AvgIpc) is 3.55. The number of hydrogen-bond acceptors (Lipinski definition) is 4. The van der Waals surface area contributed by atoms with E-state index < -0.39 is 0 Å². The Bertz CT molecular complexity index is 1150. The summed E-state index contributed by atoms with van der Waals surface area (Å²) in [5, 5.41) is 7.82. The highest BCUT2D eigenvalue weighted by Gasteiger charge is 2.27. The number of hydrazone groups is 1. The van der Waals surface area contributed by atoms with Crippen LogP contribution in [0.3, 0.4) is 0 Å². The van der Waals surface area contributed by atoms with E-state index in [2.05, 4.69) is 77.1 Å². The van der Waals surface area contributed by atoms with Gasteiger partial charge in [-0.05, 0) is 103 Å². The molecular weight excluding hydrogens is 394 g/mol. The van der Waals surface area contributed by atoms with Crippen LogP contribution in [0.25, 0.3) is 11.1 Å². The van der Waals surface area contributed by atoms with Gasteiger partial charge >= 0.3 is 0 Å².